The van der Waals surface area contributed by atoms with Crippen LogP contribution in [0.4, 0.5) is 4.39 Å². The number of benzene rings is 2. The molecule has 0 aliphatic carbocycles. The molecule has 1 unspecified atom stereocenters. The molecule has 0 saturated heterocycles. The van der Waals surface area contributed by atoms with Gasteiger partial charge in [0.25, 0.3) is 10.1 Å². The quantitative estimate of drug-likeness (QED) is 0.516. The van der Waals surface area contributed by atoms with Crippen LogP contribution in [0.3, 0.4) is 0 Å². The number of hydrogen-bond acceptors (Lipinski definition) is 3. The van der Waals surface area contributed by atoms with E-state index in [1.54, 1.807) is 18.2 Å². The smallest absolute Gasteiger partial charge is 0.282 e. The van der Waals surface area contributed by atoms with Crippen LogP contribution < -0.4 is 0 Å². The SMILES string of the molecule is CCC(c1cc(S(=O)(=O)O)ccc1C)n1nc(C)c(Br)c1-c1ccc(F)cc1. The Bertz CT molecular complexity index is 1130. The van der Waals surface area contributed by atoms with Crippen molar-refractivity contribution in [2.45, 2.75) is 38.1 Å². The average molecular weight is 467 g/mol. The Labute approximate surface area is 172 Å². The predicted octanol–water partition coefficient (Wildman–Crippen LogP) is 5.31. The van der Waals surface area contributed by atoms with E-state index in [2.05, 4.69) is 21.0 Å². The number of rotatable bonds is 5. The zero-order chi connectivity index (χ0) is 20.6. The van der Waals surface area contributed by atoms with Crippen LogP contribution in [0.2, 0.25) is 0 Å². The predicted molar refractivity (Wildman–Crippen MR) is 109 cm³/mol. The van der Waals surface area contributed by atoms with Gasteiger partial charge in [-0.3, -0.25) is 9.23 Å². The van der Waals surface area contributed by atoms with Crippen molar-refractivity contribution >= 4 is 26.0 Å². The second kappa shape index (κ2) is 7.77. The van der Waals surface area contributed by atoms with Gasteiger partial charge in [-0.25, -0.2) is 4.39 Å². The third kappa shape index (κ3) is 3.90. The largest absolute Gasteiger partial charge is 0.294 e. The van der Waals surface area contributed by atoms with E-state index in [9.17, 15) is 17.4 Å². The fourth-order valence-electron chi connectivity index (χ4n) is 3.28. The lowest BCUT2D eigenvalue weighted by Crippen LogP contribution is -2.15. The molecular weight excluding hydrogens is 447 g/mol. The van der Waals surface area contributed by atoms with Gasteiger partial charge in [0.15, 0.2) is 0 Å². The van der Waals surface area contributed by atoms with E-state index in [1.807, 2.05) is 25.5 Å². The molecule has 0 fully saturated rings. The van der Waals surface area contributed by atoms with Crippen molar-refractivity contribution in [3.05, 3.63) is 69.6 Å². The summed E-state index contributed by atoms with van der Waals surface area (Å²) in [5.41, 5.74) is 3.96. The van der Waals surface area contributed by atoms with Gasteiger partial charge >= 0.3 is 0 Å². The molecule has 148 valence electrons. The van der Waals surface area contributed by atoms with Gasteiger partial charge in [0.05, 0.1) is 26.8 Å². The maximum absolute atomic E-state index is 13.4. The highest BCUT2D eigenvalue weighted by atomic mass is 79.9. The van der Waals surface area contributed by atoms with Crippen molar-refractivity contribution in [3.8, 4) is 11.3 Å². The van der Waals surface area contributed by atoms with Gasteiger partial charge in [0.2, 0.25) is 0 Å². The Morgan fingerprint density at radius 2 is 1.82 bits per heavy atom. The molecule has 0 spiro atoms. The Kier molecular flexibility index (Phi) is 5.74. The highest BCUT2D eigenvalue weighted by molar-refractivity contribution is 9.10. The minimum absolute atomic E-state index is 0.155. The molecule has 2 aromatic carbocycles. The third-order valence-electron chi connectivity index (χ3n) is 4.72. The molecule has 5 nitrogen and oxygen atoms in total. The first-order chi connectivity index (χ1) is 13.1. The van der Waals surface area contributed by atoms with E-state index in [0.29, 0.717) is 6.42 Å². The highest BCUT2D eigenvalue weighted by Crippen LogP contribution is 2.37. The van der Waals surface area contributed by atoms with Gasteiger partial charge in [0.1, 0.15) is 5.82 Å². The van der Waals surface area contributed by atoms with Gasteiger partial charge in [-0.2, -0.15) is 13.5 Å². The molecule has 1 heterocycles. The topological polar surface area (TPSA) is 72.2 Å². The molecule has 1 N–H and O–H groups in total. The zero-order valence-electron chi connectivity index (χ0n) is 15.6. The summed E-state index contributed by atoms with van der Waals surface area (Å²) in [4.78, 5) is -0.155. The Balaban J connectivity index is 2.23. The summed E-state index contributed by atoms with van der Waals surface area (Å²) in [6.45, 7) is 5.72. The van der Waals surface area contributed by atoms with Gasteiger partial charge in [-0.15, -0.1) is 0 Å². The summed E-state index contributed by atoms with van der Waals surface area (Å²) in [5.74, 6) is -0.327. The van der Waals surface area contributed by atoms with Crippen LogP contribution in [-0.4, -0.2) is 22.8 Å². The highest BCUT2D eigenvalue weighted by Gasteiger charge is 2.24. The van der Waals surface area contributed by atoms with E-state index >= 15 is 0 Å². The minimum atomic E-state index is -4.32. The minimum Gasteiger partial charge on any atom is -0.282 e. The van der Waals surface area contributed by atoms with E-state index in [0.717, 1.165) is 32.6 Å². The normalized spacial score (nSPS) is 12.9. The first kappa shape index (κ1) is 20.7. The summed E-state index contributed by atoms with van der Waals surface area (Å²) in [7, 11) is -4.32. The number of hydrogen-bond donors (Lipinski definition) is 1. The molecule has 3 aromatic rings. The third-order valence-corrected chi connectivity index (χ3v) is 6.52. The molecule has 0 saturated carbocycles. The summed E-state index contributed by atoms with van der Waals surface area (Å²) < 4.78 is 48.7. The van der Waals surface area contributed by atoms with Crippen molar-refractivity contribution < 1.29 is 17.4 Å². The standard InChI is InChI=1S/C20H20BrFN2O3S/c1-4-18(17-11-16(28(25,26)27)10-5-12(17)2)24-20(19(21)13(3)23-24)14-6-8-15(22)9-7-14/h5-11,18H,4H2,1-3H3,(H,25,26,27). The van der Waals surface area contributed by atoms with Crippen LogP contribution in [-0.2, 0) is 10.1 Å². The van der Waals surface area contributed by atoms with Crippen molar-refractivity contribution in [2.24, 2.45) is 0 Å². The monoisotopic (exact) mass is 466 g/mol. The Hall–Kier alpha value is -2.03. The van der Waals surface area contributed by atoms with Crippen LogP contribution in [0.1, 0.15) is 36.2 Å². The van der Waals surface area contributed by atoms with Gasteiger partial charge in [-0.05, 0) is 83.7 Å². The molecule has 3 rings (SSSR count). The number of halogens is 2. The van der Waals surface area contributed by atoms with E-state index < -0.39 is 10.1 Å². The van der Waals surface area contributed by atoms with E-state index in [1.165, 1.54) is 24.3 Å². The van der Waals surface area contributed by atoms with E-state index in [4.69, 9.17) is 0 Å². The first-order valence-corrected chi connectivity index (χ1v) is 10.9. The van der Waals surface area contributed by atoms with Crippen molar-refractivity contribution in [3.63, 3.8) is 0 Å². The first-order valence-electron chi connectivity index (χ1n) is 8.72. The van der Waals surface area contributed by atoms with Crippen LogP contribution in [0.25, 0.3) is 11.3 Å². The van der Waals surface area contributed by atoms with Gasteiger partial charge in [-0.1, -0.05) is 13.0 Å². The number of nitrogens with zero attached hydrogens (tertiary/aromatic N) is 2. The molecular formula is C20H20BrFN2O3S. The van der Waals surface area contributed by atoms with Crippen LogP contribution in [0.5, 0.6) is 0 Å². The van der Waals surface area contributed by atoms with Crippen molar-refractivity contribution in [1.82, 2.24) is 9.78 Å². The average Bonchev–Trinajstić information content (AvgIpc) is 2.92. The zero-order valence-corrected chi connectivity index (χ0v) is 18.1. The van der Waals surface area contributed by atoms with E-state index in [-0.39, 0.29) is 16.8 Å². The Morgan fingerprint density at radius 1 is 1.18 bits per heavy atom. The summed E-state index contributed by atoms with van der Waals surface area (Å²) in [6, 6.07) is 10.4. The van der Waals surface area contributed by atoms with Crippen LogP contribution >= 0.6 is 15.9 Å². The summed E-state index contributed by atoms with van der Waals surface area (Å²) in [6.07, 6.45) is 0.636. The lowest BCUT2D eigenvalue weighted by atomic mass is 9.98. The summed E-state index contributed by atoms with van der Waals surface area (Å²) >= 11 is 3.58. The lowest BCUT2D eigenvalue weighted by Gasteiger charge is -2.22. The second-order valence-electron chi connectivity index (χ2n) is 6.62. The Morgan fingerprint density at radius 3 is 2.39 bits per heavy atom. The molecule has 0 amide bonds. The fourth-order valence-corrected chi connectivity index (χ4v) is 4.29. The molecule has 1 atom stereocenters. The molecule has 0 bridgehead atoms. The molecule has 0 aliphatic heterocycles. The van der Waals surface area contributed by atoms with Crippen molar-refractivity contribution in [2.75, 3.05) is 0 Å². The maximum Gasteiger partial charge on any atom is 0.294 e. The fraction of sp³-hybridized carbons (Fsp3) is 0.250. The molecule has 8 heteroatoms. The maximum atomic E-state index is 13.4. The molecule has 0 radical (unpaired) electrons. The lowest BCUT2D eigenvalue weighted by molar-refractivity contribution is 0.481. The second-order valence-corrected chi connectivity index (χ2v) is 8.83. The number of aryl methyl sites for hydroxylation is 2. The van der Waals surface area contributed by atoms with Gasteiger partial charge in [0, 0.05) is 5.56 Å². The van der Waals surface area contributed by atoms with Crippen LogP contribution in [0, 0.1) is 19.7 Å². The molecule has 0 aliphatic rings. The van der Waals surface area contributed by atoms with Gasteiger partial charge < -0.3 is 0 Å². The molecule has 28 heavy (non-hydrogen) atoms. The number of aromatic nitrogens is 2. The molecule has 1 aromatic heterocycles. The van der Waals surface area contributed by atoms with Crippen LogP contribution in [0.15, 0.2) is 51.8 Å². The van der Waals surface area contributed by atoms with Crippen molar-refractivity contribution in [1.29, 1.82) is 0 Å². The summed E-state index contributed by atoms with van der Waals surface area (Å²) in [5, 5.41) is 4.65.